The van der Waals surface area contributed by atoms with E-state index >= 15 is 0 Å². The maximum Gasteiger partial charge on any atom is 0.408 e. The molecular weight excluding hydrogens is 467 g/mol. The number of alkyl carbamates (subject to hydrolysis) is 2. The number of hydrogen-bond donors (Lipinski definition) is 3. The summed E-state index contributed by atoms with van der Waals surface area (Å²) in [4.78, 5) is 26.0. The lowest BCUT2D eigenvalue weighted by Crippen LogP contribution is -2.49. The van der Waals surface area contributed by atoms with Crippen LogP contribution >= 0.6 is 24.8 Å². The molecular formula is C23H42Cl2N4O4. The Balaban J connectivity index is 0. The van der Waals surface area contributed by atoms with Gasteiger partial charge in [0.05, 0.1) is 0 Å². The molecule has 1 aromatic carbocycles. The number of rotatable bonds is 13. The van der Waals surface area contributed by atoms with Crippen LogP contribution in [0.2, 0.25) is 0 Å². The first-order chi connectivity index (χ1) is 14.8. The number of nitrogens with zero attached hydrogens (tertiary/aromatic N) is 1. The van der Waals surface area contributed by atoms with E-state index in [0.717, 1.165) is 36.8 Å². The fourth-order valence-corrected chi connectivity index (χ4v) is 3.00. The van der Waals surface area contributed by atoms with Crippen LogP contribution in [-0.2, 0) is 9.47 Å². The van der Waals surface area contributed by atoms with Crippen LogP contribution in [0, 0.1) is 6.92 Å². The second kappa shape index (κ2) is 18.7. The Morgan fingerprint density at radius 1 is 0.909 bits per heavy atom. The zero-order valence-corrected chi connectivity index (χ0v) is 22.1. The highest BCUT2D eigenvalue weighted by Gasteiger charge is 2.28. The third-order valence-electron chi connectivity index (χ3n) is 5.00. The van der Waals surface area contributed by atoms with Crippen LogP contribution in [0.5, 0.6) is 0 Å². The topological polar surface area (TPSA) is 106 Å². The number of carbonyl (C=O) groups is 2. The fraction of sp³-hybridized carbons (Fsp3) is 0.652. The minimum absolute atomic E-state index is 0. The summed E-state index contributed by atoms with van der Waals surface area (Å²) in [5, 5.41) is 5.47. The second-order valence-electron chi connectivity index (χ2n) is 7.78. The normalized spacial score (nSPS) is 13.1. The summed E-state index contributed by atoms with van der Waals surface area (Å²) in [5.74, 6) is 0. The zero-order chi connectivity index (χ0) is 23.2. The van der Waals surface area contributed by atoms with E-state index in [0.29, 0.717) is 19.6 Å². The molecule has 10 heteroatoms. The van der Waals surface area contributed by atoms with Crippen LogP contribution in [0.1, 0.15) is 70.5 Å². The molecule has 0 fully saturated rings. The molecule has 2 amide bonds. The molecule has 0 bridgehead atoms. The standard InChI is InChI=1S/C23H40N4O4.2ClH/c1-6-8-14-25-22(28)30-18(4)27(19(5)31-23(29)26-15-9-7-2)16-21(24)20-12-10-17(3)11-13-20;;/h10-13,18-19,21H,6-9,14-16,24H2,1-5H3,(H,25,28)(H,26,29);2*1H. The number of carbonyl (C=O) groups excluding carboxylic acids is 2. The summed E-state index contributed by atoms with van der Waals surface area (Å²) in [6.07, 6.45) is 1.42. The van der Waals surface area contributed by atoms with Crippen molar-refractivity contribution in [3.63, 3.8) is 0 Å². The van der Waals surface area contributed by atoms with Crippen molar-refractivity contribution in [1.82, 2.24) is 15.5 Å². The first-order valence-electron chi connectivity index (χ1n) is 11.2. The van der Waals surface area contributed by atoms with Gasteiger partial charge in [-0.15, -0.1) is 24.8 Å². The number of ether oxygens (including phenoxy) is 2. The monoisotopic (exact) mass is 508 g/mol. The lowest BCUT2D eigenvalue weighted by Gasteiger charge is -2.35. The zero-order valence-electron chi connectivity index (χ0n) is 20.5. The predicted molar refractivity (Wildman–Crippen MR) is 137 cm³/mol. The van der Waals surface area contributed by atoms with Gasteiger partial charge in [0.1, 0.15) is 0 Å². The molecule has 0 spiro atoms. The van der Waals surface area contributed by atoms with Gasteiger partial charge in [-0.1, -0.05) is 56.5 Å². The van der Waals surface area contributed by atoms with Crippen molar-refractivity contribution in [2.75, 3.05) is 19.6 Å². The quantitative estimate of drug-likeness (QED) is 0.258. The molecule has 8 nitrogen and oxygen atoms in total. The number of aryl methyl sites for hydroxylation is 1. The molecule has 0 saturated carbocycles. The molecule has 0 aromatic heterocycles. The Labute approximate surface area is 211 Å². The van der Waals surface area contributed by atoms with E-state index in [9.17, 15) is 9.59 Å². The number of benzene rings is 1. The Bertz CT molecular complexity index is 634. The molecule has 3 unspecified atom stereocenters. The van der Waals surface area contributed by atoms with Crippen LogP contribution in [0.15, 0.2) is 24.3 Å². The van der Waals surface area contributed by atoms with Gasteiger partial charge in [-0.2, -0.15) is 0 Å². The maximum absolute atomic E-state index is 12.1. The second-order valence-corrected chi connectivity index (χ2v) is 7.78. The molecule has 0 heterocycles. The lowest BCUT2D eigenvalue weighted by atomic mass is 10.1. The number of halogens is 2. The van der Waals surface area contributed by atoms with Crippen molar-refractivity contribution in [3.8, 4) is 0 Å². The number of nitrogens with two attached hydrogens (primary N) is 1. The molecule has 192 valence electrons. The van der Waals surface area contributed by atoms with Gasteiger partial charge in [0.25, 0.3) is 0 Å². The largest absolute Gasteiger partial charge is 0.430 e. The van der Waals surface area contributed by atoms with Gasteiger partial charge in [0, 0.05) is 25.7 Å². The average Bonchev–Trinajstić information content (AvgIpc) is 2.72. The van der Waals surface area contributed by atoms with E-state index in [-0.39, 0.29) is 30.9 Å². The van der Waals surface area contributed by atoms with E-state index in [1.165, 1.54) is 0 Å². The third kappa shape index (κ3) is 13.5. The van der Waals surface area contributed by atoms with Crippen molar-refractivity contribution in [1.29, 1.82) is 0 Å². The van der Waals surface area contributed by atoms with Gasteiger partial charge < -0.3 is 25.8 Å². The maximum atomic E-state index is 12.1. The first-order valence-corrected chi connectivity index (χ1v) is 11.2. The Morgan fingerprint density at radius 2 is 1.33 bits per heavy atom. The number of nitrogens with one attached hydrogen (secondary N) is 2. The van der Waals surface area contributed by atoms with Crippen molar-refractivity contribution in [2.45, 2.75) is 78.8 Å². The van der Waals surface area contributed by atoms with Gasteiger partial charge in [0.15, 0.2) is 12.5 Å². The lowest BCUT2D eigenvalue weighted by molar-refractivity contribution is -0.0940. The minimum Gasteiger partial charge on any atom is -0.430 e. The molecule has 0 saturated heterocycles. The molecule has 0 aliphatic heterocycles. The Hall–Kier alpha value is -1.74. The summed E-state index contributed by atoms with van der Waals surface area (Å²) in [6, 6.07) is 7.61. The van der Waals surface area contributed by atoms with Crippen LogP contribution in [0.25, 0.3) is 0 Å². The van der Waals surface area contributed by atoms with Gasteiger partial charge >= 0.3 is 12.2 Å². The summed E-state index contributed by atoms with van der Waals surface area (Å²) >= 11 is 0. The van der Waals surface area contributed by atoms with E-state index in [1.807, 2.05) is 31.2 Å². The fourth-order valence-electron chi connectivity index (χ4n) is 3.00. The molecule has 0 radical (unpaired) electrons. The SMILES string of the molecule is CCCCNC(=O)OC(C)N(CC(N)c1ccc(C)cc1)C(C)OC(=O)NCCCC.Cl.Cl. The van der Waals surface area contributed by atoms with Gasteiger partial charge in [-0.3, -0.25) is 0 Å². The van der Waals surface area contributed by atoms with E-state index in [2.05, 4.69) is 24.5 Å². The predicted octanol–water partition coefficient (Wildman–Crippen LogP) is 4.89. The average molecular weight is 510 g/mol. The minimum atomic E-state index is -0.642. The van der Waals surface area contributed by atoms with Gasteiger partial charge in [-0.05, 0) is 39.2 Å². The first kappa shape index (κ1) is 33.4. The summed E-state index contributed by atoms with van der Waals surface area (Å²) in [6.45, 7) is 11.1. The molecule has 3 atom stereocenters. The van der Waals surface area contributed by atoms with Crippen molar-refractivity contribution >= 4 is 37.0 Å². The third-order valence-corrected chi connectivity index (χ3v) is 5.00. The molecule has 1 aromatic rings. The highest BCUT2D eigenvalue weighted by molar-refractivity contribution is 5.85. The number of amides is 2. The van der Waals surface area contributed by atoms with Crippen LogP contribution in [-0.4, -0.2) is 49.2 Å². The van der Waals surface area contributed by atoms with Gasteiger partial charge in [0.2, 0.25) is 0 Å². The van der Waals surface area contributed by atoms with E-state index < -0.39 is 24.6 Å². The van der Waals surface area contributed by atoms with E-state index in [1.54, 1.807) is 18.7 Å². The van der Waals surface area contributed by atoms with E-state index in [4.69, 9.17) is 15.2 Å². The highest BCUT2D eigenvalue weighted by Crippen LogP contribution is 2.18. The van der Waals surface area contributed by atoms with Crippen LogP contribution in [0.3, 0.4) is 0 Å². The Kier molecular flexibility index (Phi) is 18.9. The molecule has 0 aliphatic rings. The van der Waals surface area contributed by atoms with Crippen molar-refractivity contribution < 1.29 is 19.1 Å². The molecule has 4 N–H and O–H groups in total. The van der Waals surface area contributed by atoms with Crippen molar-refractivity contribution in [3.05, 3.63) is 35.4 Å². The Morgan fingerprint density at radius 3 is 1.73 bits per heavy atom. The van der Waals surface area contributed by atoms with Gasteiger partial charge in [-0.25, -0.2) is 14.5 Å². The highest BCUT2D eigenvalue weighted by atomic mass is 35.5. The molecule has 1 rings (SSSR count). The number of unbranched alkanes of at least 4 members (excludes halogenated alkanes) is 2. The summed E-state index contributed by atoms with van der Waals surface area (Å²) in [7, 11) is 0. The van der Waals surface area contributed by atoms with Crippen molar-refractivity contribution in [2.24, 2.45) is 5.73 Å². The number of hydrogen-bond acceptors (Lipinski definition) is 6. The smallest absolute Gasteiger partial charge is 0.408 e. The summed E-state index contributed by atoms with van der Waals surface area (Å²) in [5.41, 5.74) is 8.53. The van der Waals surface area contributed by atoms with Crippen LogP contribution in [0.4, 0.5) is 9.59 Å². The molecule has 33 heavy (non-hydrogen) atoms. The molecule has 0 aliphatic carbocycles. The summed E-state index contributed by atoms with van der Waals surface area (Å²) < 4.78 is 11.0. The van der Waals surface area contributed by atoms with Crippen LogP contribution < -0.4 is 16.4 Å².